The van der Waals surface area contributed by atoms with Crippen LogP contribution in [0.4, 0.5) is 21.6 Å². The molecule has 2 N–H and O–H groups in total. The zero-order valence-electron chi connectivity index (χ0n) is 43.9. The van der Waals surface area contributed by atoms with E-state index in [4.69, 9.17) is 14.7 Å². The molecule has 16 heteroatoms. The molecule has 398 valence electrons. The molecule has 3 aromatic carbocycles. The van der Waals surface area contributed by atoms with E-state index in [1.165, 1.54) is 25.3 Å². The Labute approximate surface area is 443 Å². The Morgan fingerprint density at radius 3 is 2.17 bits per heavy atom. The minimum atomic E-state index is -0.742. The van der Waals surface area contributed by atoms with Crippen molar-refractivity contribution in [1.29, 1.82) is 0 Å². The molecule has 7 heterocycles. The van der Waals surface area contributed by atoms with Gasteiger partial charge in [0.1, 0.15) is 17.1 Å². The van der Waals surface area contributed by atoms with E-state index in [9.17, 15) is 19.2 Å². The average Bonchev–Trinajstić information content (AvgIpc) is 4.00. The summed E-state index contributed by atoms with van der Waals surface area (Å²) in [4.78, 5) is 86.0. The maximum absolute atomic E-state index is 15.3. The van der Waals surface area contributed by atoms with Gasteiger partial charge in [0.25, 0.3) is 0 Å². The Bertz CT molecular complexity index is 3030. The summed E-state index contributed by atoms with van der Waals surface area (Å²) >= 11 is 0. The van der Waals surface area contributed by atoms with E-state index in [1.807, 2.05) is 44.7 Å². The van der Waals surface area contributed by atoms with E-state index < -0.39 is 5.41 Å². The van der Waals surface area contributed by atoms with Crippen molar-refractivity contribution in [3.63, 3.8) is 0 Å². The van der Waals surface area contributed by atoms with Crippen molar-refractivity contribution >= 4 is 57.8 Å². The molecule has 5 aliphatic heterocycles. The van der Waals surface area contributed by atoms with Crippen LogP contribution in [0.5, 0.6) is 5.75 Å². The summed E-state index contributed by atoms with van der Waals surface area (Å²) in [6.07, 6.45) is 13.7. The molecule has 6 fully saturated rings. The lowest BCUT2D eigenvalue weighted by atomic mass is 9.73. The summed E-state index contributed by atoms with van der Waals surface area (Å²) in [6, 6.07) is 23.1. The molecule has 4 saturated heterocycles. The first-order valence-electron chi connectivity index (χ1n) is 28.2. The van der Waals surface area contributed by atoms with Crippen molar-refractivity contribution < 1.29 is 33.1 Å². The molecule has 2 aliphatic carbocycles. The van der Waals surface area contributed by atoms with Gasteiger partial charge < -0.3 is 34.2 Å². The topological polar surface area (TPSA) is 162 Å². The molecular weight excluding hydrogens is 962 g/mol. The summed E-state index contributed by atoms with van der Waals surface area (Å²) in [7, 11) is 0. The predicted octanol–water partition coefficient (Wildman–Crippen LogP) is 9.18. The third kappa shape index (κ3) is 9.42. The van der Waals surface area contributed by atoms with Crippen molar-refractivity contribution in [2.45, 2.75) is 146 Å². The lowest BCUT2D eigenvalue weighted by Crippen LogP contribution is -2.58. The summed E-state index contributed by atoms with van der Waals surface area (Å²) in [5.74, 6) is 0.275. The van der Waals surface area contributed by atoms with Gasteiger partial charge in [0, 0.05) is 73.8 Å². The van der Waals surface area contributed by atoms with E-state index in [0.29, 0.717) is 87.9 Å². The summed E-state index contributed by atoms with van der Waals surface area (Å²) in [6.45, 7) is 8.52. The Morgan fingerprint density at radius 2 is 1.47 bits per heavy atom. The molecule has 0 radical (unpaired) electrons. The highest BCUT2D eigenvalue weighted by Gasteiger charge is 2.56. The predicted molar refractivity (Wildman–Crippen MR) is 287 cm³/mol. The number of rotatable bonds is 11. The minimum absolute atomic E-state index is 0.00580. The van der Waals surface area contributed by atoms with Gasteiger partial charge >= 0.3 is 0 Å². The van der Waals surface area contributed by atoms with Gasteiger partial charge in [-0.2, -0.15) is 0 Å². The van der Waals surface area contributed by atoms with Crippen molar-refractivity contribution in [3.05, 3.63) is 96.1 Å². The smallest absolute Gasteiger partial charge is 0.238 e. The van der Waals surface area contributed by atoms with Gasteiger partial charge in [0.05, 0.1) is 40.7 Å². The van der Waals surface area contributed by atoms with Gasteiger partial charge in [0.15, 0.2) is 5.82 Å². The Kier molecular flexibility index (Phi) is 13.7. The van der Waals surface area contributed by atoms with Crippen LogP contribution < -0.4 is 20.3 Å². The fraction of sp³-hybridized carbons (Fsp3) is 0.517. The van der Waals surface area contributed by atoms with Crippen LogP contribution in [-0.4, -0.2) is 116 Å². The van der Waals surface area contributed by atoms with Crippen molar-refractivity contribution in [1.82, 2.24) is 34.6 Å². The van der Waals surface area contributed by atoms with E-state index in [2.05, 4.69) is 52.5 Å². The number of imide groups is 1. The number of nitrogens with one attached hydrogen (secondary N) is 2. The fourth-order valence-corrected chi connectivity index (χ4v) is 13.7. The second kappa shape index (κ2) is 20.7. The molecule has 7 aliphatic rings. The molecule has 15 nitrogen and oxygen atoms in total. The summed E-state index contributed by atoms with van der Waals surface area (Å²) in [5, 5.41) is 5.71. The quantitative estimate of drug-likeness (QED) is 0.122. The monoisotopic (exact) mass is 1030 g/mol. The number of carbonyl (C=O) groups is 5. The molecule has 2 aromatic heterocycles. The normalized spacial score (nSPS) is 25.2. The second-order valence-electron chi connectivity index (χ2n) is 23.0. The number of aromatic nitrogens is 3. The first-order chi connectivity index (χ1) is 36.9. The van der Waals surface area contributed by atoms with Crippen LogP contribution in [-0.2, 0) is 29.4 Å². The number of amides is 5. The molecule has 1 unspecified atom stereocenters. The number of anilines is 3. The molecule has 5 amide bonds. The van der Waals surface area contributed by atoms with Gasteiger partial charge in [-0.15, -0.1) is 0 Å². The third-order valence-electron chi connectivity index (χ3n) is 18.2. The number of ether oxygens (including phenoxy) is 1. The molecular formula is C60H70FN9O6. The first-order valence-corrected chi connectivity index (χ1v) is 28.2. The van der Waals surface area contributed by atoms with Crippen molar-refractivity contribution in [2.24, 2.45) is 11.8 Å². The zero-order valence-corrected chi connectivity index (χ0v) is 43.9. The maximum atomic E-state index is 15.3. The molecule has 5 aromatic rings. The van der Waals surface area contributed by atoms with Gasteiger partial charge in [-0.25, -0.2) is 14.4 Å². The number of nitrogens with zero attached hydrogens (tertiary/aromatic N) is 7. The van der Waals surface area contributed by atoms with Crippen LogP contribution in [0, 0.1) is 17.7 Å². The van der Waals surface area contributed by atoms with E-state index in [-0.39, 0.29) is 71.3 Å². The Morgan fingerprint density at radius 1 is 0.776 bits per heavy atom. The van der Waals surface area contributed by atoms with Crippen LogP contribution in [0.25, 0.3) is 22.3 Å². The number of imidazole rings is 1. The Hall–Kier alpha value is -6.68. The molecule has 0 bridgehead atoms. The van der Waals surface area contributed by atoms with Gasteiger partial charge in [-0.05, 0) is 158 Å². The zero-order chi connectivity index (χ0) is 52.2. The van der Waals surface area contributed by atoms with Crippen LogP contribution >= 0.6 is 0 Å². The number of pyridine rings is 1. The SMILES string of the molecule is CC(C)n1cnc2cc(-c3ccc4c(c3)N(C3CC(N5CCCCC5)C3)C(=O)C43CCN(C(=O)C4CCN(C(=O)C5CCC(Oc6ccc(C7CCC(=O)NC7=O)cc6)CC5)CC4)CC3)nc(Nc3ccccc3F)c21. The van der Waals surface area contributed by atoms with Gasteiger partial charge in [-0.1, -0.05) is 42.8 Å². The third-order valence-corrected chi connectivity index (χ3v) is 18.2. The summed E-state index contributed by atoms with van der Waals surface area (Å²) in [5.41, 5.74) is 5.46. The van der Waals surface area contributed by atoms with Crippen LogP contribution in [0.2, 0.25) is 0 Å². The number of carbonyl (C=O) groups excluding carboxylic acids is 5. The van der Waals surface area contributed by atoms with E-state index >= 15 is 9.18 Å². The second-order valence-corrected chi connectivity index (χ2v) is 23.0. The lowest BCUT2D eigenvalue weighted by molar-refractivity contribution is -0.145. The number of piperidine rings is 4. The van der Waals surface area contributed by atoms with E-state index in [1.54, 1.807) is 24.5 Å². The minimum Gasteiger partial charge on any atom is -0.490 e. The number of hydrogen-bond acceptors (Lipinski definition) is 10. The number of hydrogen-bond donors (Lipinski definition) is 2. The number of likely N-dealkylation sites (tertiary alicyclic amines) is 3. The number of benzene rings is 3. The standard InChI is InChI=1S/C60H70FN9O6/c1-37(2)69-36-62-51-35-50(64-55(54(51)69)63-49-9-5-4-8-48(49)61)41-14-20-47-52(32-41)70(43-33-42(34-43)66-26-6-3-7-27-66)59(75)60(47)24-30-68(31-25-60)58(74)40-22-28-67(29-23-40)57(73)39-12-17-45(18-13-39)76-44-15-10-38(11-16-44)46-19-21-53(71)65-56(46)72/h4-5,8-11,14-16,20,32,35-37,39-40,42-43,45-46H,3,6-7,12-13,17-19,21-31,33-34H2,1-2H3,(H,63,64)(H,65,71,72). The molecule has 12 rings (SSSR count). The number of para-hydroxylation sites is 1. The van der Waals surface area contributed by atoms with Gasteiger partial charge in [0.2, 0.25) is 29.5 Å². The van der Waals surface area contributed by atoms with Crippen LogP contribution in [0.3, 0.4) is 0 Å². The Balaban J connectivity index is 0.699. The highest BCUT2D eigenvalue weighted by atomic mass is 19.1. The number of fused-ring (bicyclic) bond motifs is 3. The molecule has 76 heavy (non-hydrogen) atoms. The summed E-state index contributed by atoms with van der Waals surface area (Å²) < 4.78 is 23.5. The molecule has 1 spiro atoms. The lowest BCUT2D eigenvalue weighted by Gasteiger charge is -2.48. The maximum Gasteiger partial charge on any atom is 0.238 e. The van der Waals surface area contributed by atoms with Crippen molar-refractivity contribution in [2.75, 3.05) is 49.5 Å². The molecule has 1 atom stereocenters. The van der Waals surface area contributed by atoms with E-state index in [0.717, 1.165) is 90.8 Å². The van der Waals surface area contributed by atoms with Crippen molar-refractivity contribution in [3.8, 4) is 17.0 Å². The van der Waals surface area contributed by atoms with Crippen LogP contribution in [0.1, 0.15) is 133 Å². The largest absolute Gasteiger partial charge is 0.490 e. The highest BCUT2D eigenvalue weighted by molar-refractivity contribution is 6.09. The van der Waals surface area contributed by atoms with Gasteiger partial charge in [-0.3, -0.25) is 29.3 Å². The highest BCUT2D eigenvalue weighted by Crippen LogP contribution is 2.52. The number of halogens is 1. The fourth-order valence-electron chi connectivity index (χ4n) is 13.7. The van der Waals surface area contributed by atoms with Crippen LogP contribution in [0.15, 0.2) is 79.1 Å². The first kappa shape index (κ1) is 50.2. The average molecular weight is 1030 g/mol. The molecule has 2 saturated carbocycles.